The van der Waals surface area contributed by atoms with Gasteiger partial charge < -0.3 is 20.1 Å². The molecule has 2 heterocycles. The Morgan fingerprint density at radius 1 is 0.970 bits per heavy atom. The molecule has 4 aromatic rings. The second-order valence-corrected chi connectivity index (χ2v) is 7.35. The highest BCUT2D eigenvalue weighted by atomic mass is 35.5. The van der Waals surface area contributed by atoms with Crippen molar-refractivity contribution in [3.8, 4) is 11.5 Å². The van der Waals surface area contributed by atoms with Crippen molar-refractivity contribution in [2.75, 3.05) is 24.9 Å². The number of hydrogen-bond donors (Lipinski definition) is 2. The predicted molar refractivity (Wildman–Crippen MR) is 126 cm³/mol. The summed E-state index contributed by atoms with van der Waals surface area (Å²) in [6.45, 7) is 1.87. The van der Waals surface area contributed by atoms with Gasteiger partial charge >= 0.3 is 5.69 Å². The number of hydrogen-bond acceptors (Lipinski definition) is 9. The number of nitro groups is 1. The molecular formula is C22H19ClN6O4. The van der Waals surface area contributed by atoms with Crippen LogP contribution >= 0.6 is 11.6 Å². The largest absolute Gasteiger partial charge is 0.495 e. The molecular weight excluding hydrogens is 448 g/mol. The molecule has 2 aromatic carbocycles. The number of fused-ring (bicyclic) bond motifs is 1. The lowest BCUT2D eigenvalue weighted by Crippen LogP contribution is -2.06. The lowest BCUT2D eigenvalue weighted by atomic mass is 10.1. The van der Waals surface area contributed by atoms with Gasteiger partial charge in [-0.05, 0) is 25.1 Å². The highest BCUT2D eigenvalue weighted by Gasteiger charge is 2.25. The number of benzene rings is 2. The molecule has 2 N–H and O–H groups in total. The minimum Gasteiger partial charge on any atom is -0.495 e. The lowest BCUT2D eigenvalue weighted by Gasteiger charge is -2.14. The van der Waals surface area contributed by atoms with E-state index in [9.17, 15) is 10.1 Å². The minimum absolute atomic E-state index is 0.00637. The molecule has 0 amide bonds. The summed E-state index contributed by atoms with van der Waals surface area (Å²) in [4.78, 5) is 24.2. The average Bonchev–Trinajstić information content (AvgIpc) is 2.79. The van der Waals surface area contributed by atoms with Crippen LogP contribution in [0.15, 0.2) is 48.8 Å². The molecule has 0 radical (unpaired) electrons. The maximum atomic E-state index is 12.0. The number of pyridine rings is 1. The highest BCUT2D eigenvalue weighted by Crippen LogP contribution is 2.40. The van der Waals surface area contributed by atoms with Crippen LogP contribution in [0.1, 0.15) is 5.69 Å². The highest BCUT2D eigenvalue weighted by molar-refractivity contribution is 6.32. The maximum Gasteiger partial charge on any atom is 0.353 e. The van der Waals surface area contributed by atoms with Crippen LogP contribution in [-0.4, -0.2) is 34.1 Å². The van der Waals surface area contributed by atoms with Crippen LogP contribution in [0.2, 0.25) is 5.02 Å². The fourth-order valence-corrected chi connectivity index (χ4v) is 3.53. The van der Waals surface area contributed by atoms with Gasteiger partial charge in [0.05, 0.1) is 41.1 Å². The monoisotopic (exact) mass is 466 g/mol. The van der Waals surface area contributed by atoms with Gasteiger partial charge in [0.1, 0.15) is 17.8 Å². The van der Waals surface area contributed by atoms with Gasteiger partial charge in [-0.3, -0.25) is 15.1 Å². The van der Waals surface area contributed by atoms with E-state index in [4.69, 9.17) is 21.1 Å². The van der Waals surface area contributed by atoms with E-state index in [1.54, 1.807) is 12.1 Å². The summed E-state index contributed by atoms with van der Waals surface area (Å²) in [6.07, 6.45) is 1.22. The Morgan fingerprint density at radius 2 is 1.67 bits per heavy atom. The molecule has 168 valence electrons. The number of rotatable bonds is 7. The maximum absolute atomic E-state index is 12.0. The van der Waals surface area contributed by atoms with Crippen LogP contribution in [-0.2, 0) is 0 Å². The average molecular weight is 467 g/mol. The second-order valence-electron chi connectivity index (χ2n) is 6.94. The van der Waals surface area contributed by atoms with Crippen molar-refractivity contribution in [1.29, 1.82) is 0 Å². The summed E-state index contributed by atoms with van der Waals surface area (Å²) < 4.78 is 10.6. The fraction of sp³-hybridized carbons (Fsp3) is 0.136. The van der Waals surface area contributed by atoms with Crippen molar-refractivity contribution < 1.29 is 14.4 Å². The fourth-order valence-electron chi connectivity index (χ4n) is 3.29. The quantitative estimate of drug-likeness (QED) is 0.272. The van der Waals surface area contributed by atoms with Gasteiger partial charge in [0, 0.05) is 17.1 Å². The molecule has 0 saturated heterocycles. The van der Waals surface area contributed by atoms with Crippen LogP contribution in [0.4, 0.5) is 28.7 Å². The van der Waals surface area contributed by atoms with E-state index in [-0.39, 0.29) is 17.3 Å². The van der Waals surface area contributed by atoms with Crippen LogP contribution in [0.5, 0.6) is 11.5 Å². The second kappa shape index (κ2) is 9.13. The van der Waals surface area contributed by atoms with Crippen LogP contribution in [0, 0.1) is 17.0 Å². The standard InChI is InChI=1S/C22H19ClN6O4/c1-12-7-8-13-5-4-6-15(19(13)26-12)27-21-20(29(30)31)22(25-11-24-21)28-16-9-14(23)17(32-2)10-18(16)33-3/h4-11H,1-3H3,(H2,24,25,27,28). The van der Waals surface area contributed by atoms with Crippen molar-refractivity contribution in [2.45, 2.75) is 6.92 Å². The van der Waals surface area contributed by atoms with Crippen molar-refractivity contribution in [3.05, 3.63) is 69.6 Å². The van der Waals surface area contributed by atoms with Gasteiger partial charge in [0.2, 0.25) is 11.6 Å². The van der Waals surface area contributed by atoms with Gasteiger partial charge in [-0.2, -0.15) is 0 Å². The topological polar surface area (TPSA) is 124 Å². The number of nitrogens with zero attached hydrogens (tertiary/aromatic N) is 4. The Kier molecular flexibility index (Phi) is 6.09. The molecule has 0 atom stereocenters. The summed E-state index contributed by atoms with van der Waals surface area (Å²) >= 11 is 6.23. The number of aryl methyl sites for hydroxylation is 1. The number of anilines is 4. The summed E-state index contributed by atoms with van der Waals surface area (Å²) in [7, 11) is 2.94. The summed E-state index contributed by atoms with van der Waals surface area (Å²) in [5, 5.41) is 19.2. The number of nitrogens with one attached hydrogen (secondary N) is 2. The normalized spacial score (nSPS) is 10.7. The molecule has 2 aromatic heterocycles. The van der Waals surface area contributed by atoms with Crippen molar-refractivity contribution in [3.63, 3.8) is 0 Å². The molecule has 11 heteroatoms. The molecule has 0 aliphatic heterocycles. The van der Waals surface area contributed by atoms with Crippen molar-refractivity contribution in [2.24, 2.45) is 0 Å². The molecule has 0 saturated carbocycles. The zero-order valence-electron chi connectivity index (χ0n) is 17.9. The molecule has 0 aliphatic carbocycles. The van der Waals surface area contributed by atoms with Crippen LogP contribution in [0.3, 0.4) is 0 Å². The molecule has 4 rings (SSSR count). The van der Waals surface area contributed by atoms with Gasteiger partial charge in [-0.15, -0.1) is 0 Å². The van der Waals surface area contributed by atoms with E-state index in [2.05, 4.69) is 25.6 Å². The Hall–Kier alpha value is -4.18. The van der Waals surface area contributed by atoms with E-state index in [1.807, 2.05) is 31.2 Å². The SMILES string of the molecule is COc1cc(OC)c(Nc2ncnc(Nc3cccc4ccc(C)nc34)c2[N+](=O)[O-])cc1Cl. The van der Waals surface area contributed by atoms with E-state index in [0.29, 0.717) is 33.4 Å². The smallest absolute Gasteiger partial charge is 0.353 e. The molecule has 10 nitrogen and oxygen atoms in total. The van der Waals surface area contributed by atoms with Gasteiger partial charge in [0.25, 0.3) is 0 Å². The lowest BCUT2D eigenvalue weighted by molar-refractivity contribution is -0.383. The summed E-state index contributed by atoms with van der Waals surface area (Å²) in [5.41, 5.74) is 2.09. The number of para-hydroxylation sites is 1. The first-order valence-corrected chi connectivity index (χ1v) is 10.1. The number of methoxy groups -OCH3 is 2. The zero-order chi connectivity index (χ0) is 23.5. The third kappa shape index (κ3) is 4.41. The van der Waals surface area contributed by atoms with E-state index >= 15 is 0 Å². The molecule has 33 heavy (non-hydrogen) atoms. The molecule has 0 bridgehead atoms. The molecule has 0 unspecified atom stereocenters. The predicted octanol–water partition coefficient (Wildman–Crippen LogP) is 5.40. The summed E-state index contributed by atoms with van der Waals surface area (Å²) in [6, 6.07) is 12.5. The molecule has 0 spiro atoms. The number of ether oxygens (including phenoxy) is 2. The van der Waals surface area contributed by atoms with E-state index in [1.165, 1.54) is 26.6 Å². The zero-order valence-corrected chi connectivity index (χ0v) is 18.7. The van der Waals surface area contributed by atoms with E-state index < -0.39 is 4.92 Å². The Morgan fingerprint density at radius 3 is 2.33 bits per heavy atom. The Labute approximate surface area is 193 Å². The van der Waals surface area contributed by atoms with Gasteiger partial charge in [-0.1, -0.05) is 29.8 Å². The Bertz CT molecular complexity index is 1360. The molecule has 0 fully saturated rings. The first kappa shape index (κ1) is 22.0. The van der Waals surface area contributed by atoms with Crippen molar-refractivity contribution >= 4 is 51.2 Å². The van der Waals surface area contributed by atoms with Crippen molar-refractivity contribution in [1.82, 2.24) is 15.0 Å². The van der Waals surface area contributed by atoms with E-state index in [0.717, 1.165) is 11.1 Å². The third-order valence-corrected chi connectivity index (χ3v) is 5.14. The van der Waals surface area contributed by atoms with Crippen LogP contribution in [0.25, 0.3) is 10.9 Å². The third-order valence-electron chi connectivity index (χ3n) is 4.84. The minimum atomic E-state index is -0.563. The number of aromatic nitrogens is 3. The summed E-state index contributed by atoms with van der Waals surface area (Å²) in [5.74, 6) is 0.734. The number of halogens is 1. The van der Waals surface area contributed by atoms with Gasteiger partial charge in [0.15, 0.2) is 0 Å². The van der Waals surface area contributed by atoms with Gasteiger partial charge in [-0.25, -0.2) is 9.97 Å². The first-order valence-electron chi connectivity index (χ1n) is 9.72. The van der Waals surface area contributed by atoms with Crippen LogP contribution < -0.4 is 20.1 Å². The molecule has 0 aliphatic rings. The Balaban J connectivity index is 1.78. The first-order chi connectivity index (χ1) is 15.9.